The van der Waals surface area contributed by atoms with E-state index in [9.17, 15) is 50.0 Å². The normalized spacial score (nSPS) is 10.5. The maximum atomic E-state index is 12.8. The Hall–Kier alpha value is -7.36. The zero-order valence-electron chi connectivity index (χ0n) is 24.1. The number of carbonyl (C=O) groups is 2. The quantitative estimate of drug-likeness (QED) is 0.0732. The molecule has 0 bridgehead atoms. The minimum atomic E-state index is -0.741. The van der Waals surface area contributed by atoms with E-state index in [4.69, 9.17) is 9.47 Å². The summed E-state index contributed by atoms with van der Waals surface area (Å²) in [5.74, 6) is -1.34. The monoisotopic (exact) mass is 650 g/mol. The summed E-state index contributed by atoms with van der Waals surface area (Å²) < 4.78 is 11.3. The van der Waals surface area contributed by atoms with Gasteiger partial charge in [-0.15, -0.1) is 0 Å². The van der Waals surface area contributed by atoms with Gasteiger partial charge in [0.15, 0.2) is 11.6 Å². The first-order valence-electron chi connectivity index (χ1n) is 13.5. The molecule has 5 aromatic rings. The number of hydrogen-bond donors (Lipinski definition) is 0. The van der Waals surface area contributed by atoms with Gasteiger partial charge in [0.2, 0.25) is 11.5 Å². The van der Waals surface area contributed by atoms with E-state index < -0.39 is 42.6 Å². The molecule has 0 radical (unpaired) electrons. The number of hydrogen-bond acceptors (Lipinski definition) is 12. The van der Waals surface area contributed by atoms with Gasteiger partial charge in [-0.1, -0.05) is 0 Å². The summed E-state index contributed by atoms with van der Waals surface area (Å²) in [5.41, 5.74) is -1.41. The molecule has 0 aliphatic rings. The van der Waals surface area contributed by atoms with Gasteiger partial charge in [-0.05, 0) is 72.8 Å². The second-order valence-electron chi connectivity index (χ2n) is 9.82. The van der Waals surface area contributed by atoms with Gasteiger partial charge in [-0.2, -0.15) is 0 Å². The fraction of sp³-hybridized carbons (Fsp3) is 0. The van der Waals surface area contributed by atoms with Crippen LogP contribution in [0.15, 0.2) is 109 Å². The number of benzene rings is 5. The van der Waals surface area contributed by atoms with E-state index in [0.717, 1.165) is 36.4 Å². The van der Waals surface area contributed by atoms with Crippen molar-refractivity contribution < 1.29 is 38.8 Å². The summed E-state index contributed by atoms with van der Waals surface area (Å²) >= 11 is 0. The van der Waals surface area contributed by atoms with E-state index in [1.54, 1.807) is 0 Å². The van der Waals surface area contributed by atoms with E-state index in [1.807, 2.05) is 0 Å². The highest BCUT2D eigenvalue weighted by molar-refractivity contribution is 6.10. The standard InChI is InChI=1S/C32H18N4O12/c37-31(19-1-7-23(8-2-19)33(39)40)21-5-15-29(27(17-21)35(43)44)47-25-11-13-26(14-12-25)48-30-16-6-22(18-28(30)36(45)46)32(38)20-3-9-24(10-4-20)34(41)42/h1-18H. The third-order valence-electron chi connectivity index (χ3n) is 6.80. The number of non-ortho nitro benzene ring substituents is 2. The summed E-state index contributed by atoms with van der Waals surface area (Å²) in [4.78, 5) is 68.3. The predicted octanol–water partition coefficient (Wildman–Crippen LogP) is 7.37. The summed E-state index contributed by atoms with van der Waals surface area (Å²) in [5, 5.41) is 45.3. The third kappa shape index (κ3) is 6.97. The summed E-state index contributed by atoms with van der Waals surface area (Å²) in [6, 6.07) is 22.2. The summed E-state index contributed by atoms with van der Waals surface area (Å²) in [7, 11) is 0. The van der Waals surface area contributed by atoms with Crippen LogP contribution in [0.4, 0.5) is 22.7 Å². The van der Waals surface area contributed by atoms with E-state index >= 15 is 0 Å². The lowest BCUT2D eigenvalue weighted by atomic mass is 10.0. The van der Waals surface area contributed by atoms with Crippen LogP contribution >= 0.6 is 0 Å². The molecule has 0 amide bonds. The highest BCUT2D eigenvalue weighted by Crippen LogP contribution is 2.36. The SMILES string of the molecule is O=C(c1ccc([N+](=O)[O-])cc1)c1ccc(Oc2ccc(Oc3ccc(C(=O)c4ccc([N+](=O)[O-])cc4)cc3[N+](=O)[O-])cc2)c([N+](=O)[O-])c1. The summed E-state index contributed by atoms with van der Waals surface area (Å²) in [6.45, 7) is 0. The van der Waals surface area contributed by atoms with Gasteiger partial charge in [0.05, 0.1) is 19.7 Å². The van der Waals surface area contributed by atoms with Crippen molar-refractivity contribution in [3.63, 3.8) is 0 Å². The fourth-order valence-corrected chi connectivity index (χ4v) is 4.41. The van der Waals surface area contributed by atoms with Crippen LogP contribution in [0, 0.1) is 40.5 Å². The molecule has 0 atom stereocenters. The van der Waals surface area contributed by atoms with Gasteiger partial charge >= 0.3 is 11.4 Å². The minimum Gasteiger partial charge on any atom is -0.450 e. The van der Waals surface area contributed by atoms with Gasteiger partial charge in [-0.25, -0.2) is 0 Å². The molecular weight excluding hydrogens is 632 g/mol. The van der Waals surface area contributed by atoms with Crippen molar-refractivity contribution in [2.75, 3.05) is 0 Å². The van der Waals surface area contributed by atoms with Crippen molar-refractivity contribution in [2.45, 2.75) is 0 Å². The topological polar surface area (TPSA) is 225 Å². The lowest BCUT2D eigenvalue weighted by Gasteiger charge is -2.10. The van der Waals surface area contributed by atoms with Crippen molar-refractivity contribution in [3.8, 4) is 23.0 Å². The molecule has 0 aromatic heterocycles. The molecular formula is C32H18N4O12. The largest absolute Gasteiger partial charge is 0.450 e. The second kappa shape index (κ2) is 13.3. The first kappa shape index (κ1) is 32.0. The van der Waals surface area contributed by atoms with Crippen LogP contribution in [-0.4, -0.2) is 31.3 Å². The second-order valence-corrected chi connectivity index (χ2v) is 9.82. The molecule has 0 spiro atoms. The molecule has 5 rings (SSSR count). The van der Waals surface area contributed by atoms with Crippen LogP contribution in [0.5, 0.6) is 23.0 Å². The van der Waals surface area contributed by atoms with Crippen molar-refractivity contribution >= 4 is 34.3 Å². The molecule has 0 heterocycles. The Balaban J connectivity index is 1.31. The highest BCUT2D eigenvalue weighted by Gasteiger charge is 2.23. The fourth-order valence-electron chi connectivity index (χ4n) is 4.41. The van der Waals surface area contributed by atoms with Crippen molar-refractivity contribution in [1.82, 2.24) is 0 Å². The smallest absolute Gasteiger partial charge is 0.312 e. The average molecular weight is 651 g/mol. The molecule has 0 saturated heterocycles. The molecule has 16 heteroatoms. The van der Waals surface area contributed by atoms with E-state index in [1.165, 1.54) is 72.8 Å². The maximum absolute atomic E-state index is 12.8. The number of nitrogens with zero attached hydrogens (tertiary/aromatic N) is 4. The third-order valence-corrected chi connectivity index (χ3v) is 6.80. The molecule has 5 aromatic carbocycles. The molecule has 0 aliphatic heterocycles. The van der Waals surface area contributed by atoms with Crippen molar-refractivity contribution in [3.05, 3.63) is 172 Å². The Morgan fingerprint density at radius 3 is 1.02 bits per heavy atom. The highest BCUT2D eigenvalue weighted by atomic mass is 16.6. The van der Waals surface area contributed by atoms with Gasteiger partial charge in [0.1, 0.15) is 11.5 Å². The number of nitro benzene ring substituents is 4. The van der Waals surface area contributed by atoms with Gasteiger partial charge < -0.3 is 9.47 Å². The Morgan fingerprint density at radius 2 is 0.729 bits per heavy atom. The van der Waals surface area contributed by atoms with Gasteiger partial charge in [-0.3, -0.25) is 50.0 Å². The molecule has 16 nitrogen and oxygen atoms in total. The zero-order chi connectivity index (χ0) is 34.5. The van der Waals surface area contributed by atoms with Crippen LogP contribution in [-0.2, 0) is 0 Å². The van der Waals surface area contributed by atoms with Gasteiger partial charge in [0.25, 0.3) is 11.4 Å². The Labute approximate surface area is 268 Å². The molecule has 0 fully saturated rings. The van der Waals surface area contributed by atoms with Crippen molar-refractivity contribution in [1.29, 1.82) is 0 Å². The molecule has 0 unspecified atom stereocenters. The lowest BCUT2D eigenvalue weighted by Crippen LogP contribution is -2.03. The Bertz CT molecular complexity index is 1960. The van der Waals surface area contributed by atoms with E-state index in [0.29, 0.717) is 0 Å². The Kier molecular flexibility index (Phi) is 8.90. The minimum absolute atomic E-state index is 0.0475. The number of rotatable bonds is 12. The first-order valence-corrected chi connectivity index (χ1v) is 13.5. The molecule has 0 aliphatic carbocycles. The molecule has 0 N–H and O–H groups in total. The lowest BCUT2D eigenvalue weighted by molar-refractivity contribution is -0.385. The Morgan fingerprint density at radius 1 is 0.417 bits per heavy atom. The van der Waals surface area contributed by atoms with Crippen LogP contribution in [0.1, 0.15) is 31.8 Å². The predicted molar refractivity (Wildman–Crippen MR) is 166 cm³/mol. The number of nitro groups is 4. The van der Waals surface area contributed by atoms with Crippen LogP contribution < -0.4 is 9.47 Å². The van der Waals surface area contributed by atoms with E-state index in [2.05, 4.69) is 0 Å². The summed E-state index contributed by atoms with van der Waals surface area (Å²) in [6.07, 6.45) is 0. The maximum Gasteiger partial charge on any atom is 0.312 e. The van der Waals surface area contributed by atoms with Gasteiger partial charge in [0, 0.05) is 58.7 Å². The molecule has 48 heavy (non-hydrogen) atoms. The van der Waals surface area contributed by atoms with Crippen LogP contribution in [0.3, 0.4) is 0 Å². The molecule has 238 valence electrons. The average Bonchev–Trinajstić information content (AvgIpc) is 3.08. The number of carbonyl (C=O) groups excluding carboxylic acids is 2. The number of ketones is 2. The van der Waals surface area contributed by atoms with Crippen LogP contribution in [0.25, 0.3) is 0 Å². The first-order chi connectivity index (χ1) is 22.9. The molecule has 0 saturated carbocycles. The van der Waals surface area contributed by atoms with E-state index in [-0.39, 0.29) is 56.6 Å². The van der Waals surface area contributed by atoms with Crippen LogP contribution in [0.2, 0.25) is 0 Å². The van der Waals surface area contributed by atoms with Crippen molar-refractivity contribution in [2.24, 2.45) is 0 Å². The zero-order valence-corrected chi connectivity index (χ0v) is 24.1. The number of ether oxygens (including phenoxy) is 2.